The fraction of sp³-hybridized carbons (Fsp3) is 0.769. The lowest BCUT2D eigenvalue weighted by Gasteiger charge is -2.39. The number of rotatable bonds is 3. The Hall–Kier alpha value is -0.580. The third-order valence-corrected chi connectivity index (χ3v) is 3.96. The van der Waals surface area contributed by atoms with E-state index in [1.165, 1.54) is 0 Å². The predicted molar refractivity (Wildman–Crippen MR) is 75.0 cm³/mol. The van der Waals surface area contributed by atoms with Gasteiger partial charge in [-0.3, -0.25) is 9.58 Å². The third kappa shape index (κ3) is 2.87. The Balaban J connectivity index is 2.12. The first-order valence-corrected chi connectivity index (χ1v) is 6.98. The molecular weight excluding hydrogens is 248 g/mol. The van der Waals surface area contributed by atoms with Gasteiger partial charge in [-0.1, -0.05) is 18.5 Å². The van der Waals surface area contributed by atoms with Crippen molar-refractivity contribution in [2.45, 2.75) is 39.3 Å². The molecule has 0 radical (unpaired) electrons. The molecule has 0 saturated carbocycles. The monoisotopic (exact) mass is 270 g/mol. The summed E-state index contributed by atoms with van der Waals surface area (Å²) in [6.45, 7) is 10.6. The molecule has 2 rings (SSSR count). The van der Waals surface area contributed by atoms with Crippen molar-refractivity contribution in [3.63, 3.8) is 0 Å². The van der Waals surface area contributed by atoms with Gasteiger partial charge in [0.05, 0.1) is 16.4 Å². The lowest BCUT2D eigenvalue weighted by atomic mass is 10.0. The first-order chi connectivity index (χ1) is 8.43. The van der Waals surface area contributed by atoms with Crippen LogP contribution in [0.25, 0.3) is 0 Å². The number of hydrogen-bond donors (Lipinski definition) is 1. The van der Waals surface area contributed by atoms with Gasteiger partial charge in [-0.15, -0.1) is 0 Å². The molecule has 0 spiro atoms. The normalized spacial score (nSPS) is 20.3. The van der Waals surface area contributed by atoms with Gasteiger partial charge in [-0.25, -0.2) is 0 Å². The molecule has 1 aliphatic heterocycles. The molecule has 0 atom stereocenters. The first kappa shape index (κ1) is 13.8. The van der Waals surface area contributed by atoms with Gasteiger partial charge in [0.2, 0.25) is 0 Å². The smallest absolute Gasteiger partial charge is 0.0863 e. The second kappa shape index (κ2) is 5.19. The SMILES string of the molecule is CCc1nn(C)c(CN2CCNC(C)(C)C2)c1Cl. The van der Waals surface area contributed by atoms with Crippen molar-refractivity contribution in [1.29, 1.82) is 0 Å². The summed E-state index contributed by atoms with van der Waals surface area (Å²) in [5, 5.41) is 8.84. The van der Waals surface area contributed by atoms with E-state index in [0.29, 0.717) is 0 Å². The second-order valence-corrected chi connectivity index (χ2v) is 6.08. The number of nitrogens with one attached hydrogen (secondary N) is 1. The number of hydrogen-bond acceptors (Lipinski definition) is 3. The predicted octanol–water partition coefficient (Wildman–Crippen LogP) is 1.82. The zero-order valence-corrected chi connectivity index (χ0v) is 12.5. The molecular formula is C13H23ClN4. The summed E-state index contributed by atoms with van der Waals surface area (Å²) in [6.07, 6.45) is 0.889. The van der Waals surface area contributed by atoms with Gasteiger partial charge in [0.25, 0.3) is 0 Å². The molecule has 0 amide bonds. The summed E-state index contributed by atoms with van der Waals surface area (Å²) in [6, 6.07) is 0. The van der Waals surface area contributed by atoms with E-state index in [0.717, 1.165) is 49.0 Å². The van der Waals surface area contributed by atoms with Gasteiger partial charge in [0.1, 0.15) is 0 Å². The van der Waals surface area contributed by atoms with Gasteiger partial charge in [-0.2, -0.15) is 5.10 Å². The summed E-state index contributed by atoms with van der Waals surface area (Å²) >= 11 is 6.39. The van der Waals surface area contributed by atoms with Gasteiger partial charge < -0.3 is 5.32 Å². The fourth-order valence-corrected chi connectivity index (χ4v) is 2.94. The van der Waals surface area contributed by atoms with Crippen LogP contribution in [0.5, 0.6) is 0 Å². The van der Waals surface area contributed by atoms with Gasteiger partial charge in [-0.05, 0) is 20.3 Å². The zero-order valence-electron chi connectivity index (χ0n) is 11.8. The maximum Gasteiger partial charge on any atom is 0.0863 e. The van der Waals surface area contributed by atoms with Crippen LogP contribution in [-0.4, -0.2) is 39.9 Å². The maximum absolute atomic E-state index is 6.39. The maximum atomic E-state index is 6.39. The second-order valence-electron chi connectivity index (χ2n) is 5.71. The van der Waals surface area contributed by atoms with Crippen molar-refractivity contribution in [2.24, 2.45) is 7.05 Å². The van der Waals surface area contributed by atoms with Gasteiger partial charge in [0, 0.05) is 38.8 Å². The minimum Gasteiger partial charge on any atom is -0.309 e. The summed E-state index contributed by atoms with van der Waals surface area (Å²) in [4.78, 5) is 2.44. The molecule has 18 heavy (non-hydrogen) atoms. The molecule has 2 heterocycles. The van der Waals surface area contributed by atoms with Crippen LogP contribution < -0.4 is 5.32 Å². The van der Waals surface area contributed by atoms with Crippen LogP contribution in [0.3, 0.4) is 0 Å². The molecule has 4 nitrogen and oxygen atoms in total. The minimum atomic E-state index is 0.177. The lowest BCUT2D eigenvalue weighted by Crippen LogP contribution is -2.56. The number of aryl methyl sites for hydroxylation is 2. The van der Waals surface area contributed by atoms with Gasteiger partial charge >= 0.3 is 0 Å². The van der Waals surface area contributed by atoms with Crippen molar-refractivity contribution < 1.29 is 0 Å². The average molecular weight is 271 g/mol. The van der Waals surface area contributed by atoms with E-state index in [9.17, 15) is 0 Å². The highest BCUT2D eigenvalue weighted by atomic mass is 35.5. The molecule has 0 aliphatic carbocycles. The molecule has 0 bridgehead atoms. The van der Waals surface area contributed by atoms with Crippen molar-refractivity contribution in [2.75, 3.05) is 19.6 Å². The minimum absolute atomic E-state index is 0.177. The highest BCUT2D eigenvalue weighted by Crippen LogP contribution is 2.23. The molecule has 0 unspecified atom stereocenters. The highest BCUT2D eigenvalue weighted by Gasteiger charge is 2.27. The van der Waals surface area contributed by atoms with E-state index < -0.39 is 0 Å². The van der Waals surface area contributed by atoms with Crippen LogP contribution in [0, 0.1) is 0 Å². The summed E-state index contributed by atoms with van der Waals surface area (Å²) in [5.41, 5.74) is 2.31. The van der Waals surface area contributed by atoms with Crippen molar-refractivity contribution in [3.05, 3.63) is 16.4 Å². The van der Waals surface area contributed by atoms with E-state index in [1.54, 1.807) is 0 Å². The van der Waals surface area contributed by atoms with Crippen LogP contribution in [0.2, 0.25) is 5.02 Å². The van der Waals surface area contributed by atoms with E-state index in [1.807, 2.05) is 11.7 Å². The van der Waals surface area contributed by atoms with Crippen LogP contribution in [0.4, 0.5) is 0 Å². The standard InChI is InChI=1S/C13H23ClN4/c1-5-10-12(14)11(17(4)16-10)8-18-7-6-15-13(2,3)9-18/h15H,5-9H2,1-4H3. The largest absolute Gasteiger partial charge is 0.309 e. The Morgan fingerprint density at radius 2 is 2.17 bits per heavy atom. The quantitative estimate of drug-likeness (QED) is 0.910. The molecule has 0 aromatic carbocycles. The Bertz CT molecular complexity index is 425. The Morgan fingerprint density at radius 1 is 1.44 bits per heavy atom. The van der Waals surface area contributed by atoms with E-state index in [2.05, 4.69) is 36.1 Å². The van der Waals surface area contributed by atoms with E-state index in [4.69, 9.17) is 11.6 Å². The Morgan fingerprint density at radius 3 is 2.72 bits per heavy atom. The molecule has 1 aliphatic rings. The number of aromatic nitrogens is 2. The number of nitrogens with zero attached hydrogens (tertiary/aromatic N) is 3. The number of piperazine rings is 1. The summed E-state index contributed by atoms with van der Waals surface area (Å²) < 4.78 is 1.93. The van der Waals surface area contributed by atoms with Crippen LogP contribution in [-0.2, 0) is 20.0 Å². The molecule has 5 heteroatoms. The van der Waals surface area contributed by atoms with Crippen LogP contribution in [0.15, 0.2) is 0 Å². The summed E-state index contributed by atoms with van der Waals surface area (Å²) in [7, 11) is 1.98. The van der Waals surface area contributed by atoms with E-state index >= 15 is 0 Å². The van der Waals surface area contributed by atoms with Crippen molar-refractivity contribution in [1.82, 2.24) is 20.0 Å². The number of halogens is 1. The lowest BCUT2D eigenvalue weighted by molar-refractivity contribution is 0.145. The van der Waals surface area contributed by atoms with Gasteiger partial charge in [0.15, 0.2) is 0 Å². The third-order valence-electron chi connectivity index (χ3n) is 3.53. The van der Waals surface area contributed by atoms with Crippen molar-refractivity contribution in [3.8, 4) is 0 Å². The molecule has 102 valence electrons. The highest BCUT2D eigenvalue weighted by molar-refractivity contribution is 6.31. The molecule has 1 aromatic heterocycles. The average Bonchev–Trinajstić information content (AvgIpc) is 2.55. The topological polar surface area (TPSA) is 33.1 Å². The van der Waals surface area contributed by atoms with Crippen LogP contribution >= 0.6 is 11.6 Å². The summed E-state index contributed by atoms with van der Waals surface area (Å²) in [5.74, 6) is 0. The van der Waals surface area contributed by atoms with Crippen LogP contribution in [0.1, 0.15) is 32.2 Å². The molecule has 1 saturated heterocycles. The fourth-order valence-electron chi connectivity index (χ4n) is 2.58. The van der Waals surface area contributed by atoms with E-state index in [-0.39, 0.29) is 5.54 Å². The molecule has 1 aromatic rings. The Labute approximate surface area is 114 Å². The molecule has 1 fully saturated rings. The molecule has 1 N–H and O–H groups in total. The zero-order chi connectivity index (χ0) is 13.3. The first-order valence-electron chi connectivity index (χ1n) is 6.60. The Kier molecular flexibility index (Phi) is 3.99. The van der Waals surface area contributed by atoms with Crippen molar-refractivity contribution >= 4 is 11.6 Å².